The molecule has 0 aliphatic heterocycles. The minimum atomic E-state index is 0.248. The zero-order valence-electron chi connectivity index (χ0n) is 2.36. The molecule has 4 heavy (non-hydrogen) atoms. The Balaban J connectivity index is 2.30. The summed E-state index contributed by atoms with van der Waals surface area (Å²) >= 11 is 0. The van der Waals surface area contributed by atoms with Crippen LogP contribution in [0.4, 0.5) is 0 Å². The Morgan fingerprint density at radius 1 is 2.00 bits per heavy atom. The minimum absolute atomic E-state index is 0.248. The Kier molecular flexibility index (Phi) is 3.11. The summed E-state index contributed by atoms with van der Waals surface area (Å²) in [5.74, 6) is 0. The number of hydrogen-bond donors (Lipinski definition) is 1. The van der Waals surface area contributed by atoms with Crippen LogP contribution in [-0.4, -0.2) is 7.11 Å². The monoisotopic (exact) mass is 77.0 g/mol. The highest BCUT2D eigenvalue weighted by atomic mass is 31.1. The van der Waals surface area contributed by atoms with Crippen molar-refractivity contribution in [2.75, 3.05) is 7.11 Å². The van der Waals surface area contributed by atoms with Crippen LogP contribution in [0.5, 0.6) is 0 Å². The topological polar surface area (TPSA) is 33.1 Å². The molecule has 1 N–H and O–H groups in total. The molecule has 0 heterocycles. The van der Waals surface area contributed by atoms with Crippen molar-refractivity contribution in [2.45, 2.75) is 0 Å². The zero-order valence-corrected chi connectivity index (χ0v) is 3.25. The maximum absolute atomic E-state index is 6.20. The molecule has 0 unspecified atom stereocenters. The molecule has 24 valence electrons. The smallest absolute Gasteiger partial charge is 0.168 e. The lowest BCUT2D eigenvalue weighted by Gasteiger charge is -1.62. The largest absolute Gasteiger partial charge is 0.315 e. The Labute approximate surface area is 26.5 Å². The van der Waals surface area contributed by atoms with E-state index in [0.29, 0.717) is 0 Å². The summed E-state index contributed by atoms with van der Waals surface area (Å²) in [7, 11) is 1.73. The first kappa shape index (κ1) is 4.06. The van der Waals surface area contributed by atoms with E-state index < -0.39 is 0 Å². The molecule has 3 heteroatoms. The summed E-state index contributed by atoms with van der Waals surface area (Å²) in [6.07, 6.45) is 0. The first-order valence-electron chi connectivity index (χ1n) is 0.814. The Bertz CT molecular complexity index is 22.0. The highest BCUT2D eigenvalue weighted by molar-refractivity contribution is 7.18. The van der Waals surface area contributed by atoms with Gasteiger partial charge in [0.15, 0.2) is 8.60 Å². The molecule has 0 fully saturated rings. The van der Waals surface area contributed by atoms with E-state index >= 15 is 0 Å². The summed E-state index contributed by atoms with van der Waals surface area (Å²) in [6.45, 7) is 0. The van der Waals surface area contributed by atoms with E-state index in [0.717, 1.165) is 0 Å². The second-order valence-electron chi connectivity index (χ2n) is 0.274. The molecule has 0 aromatic heterocycles. The molecule has 0 aliphatic carbocycles. The van der Waals surface area contributed by atoms with Crippen LogP contribution in [0.1, 0.15) is 0 Å². The van der Waals surface area contributed by atoms with Crippen molar-refractivity contribution in [3.8, 4) is 0 Å². The van der Waals surface area contributed by atoms with Gasteiger partial charge in [0.2, 0.25) is 0 Å². The predicted molar refractivity (Wildman–Crippen MR) is 16.6 cm³/mol. The van der Waals surface area contributed by atoms with Gasteiger partial charge in [0.05, 0.1) is 0 Å². The molecule has 0 atom stereocenters. The predicted octanol–water partition coefficient (Wildman–Crippen LogP) is 1.26. The normalized spacial score (nSPS) is 8.25. The third-order valence-corrected chi connectivity index (χ3v) is 0.274. The van der Waals surface area contributed by atoms with E-state index in [-0.39, 0.29) is 8.60 Å². The fourth-order valence-electron chi connectivity index (χ4n) is 0. The molecule has 0 aromatic rings. The van der Waals surface area contributed by atoms with Crippen LogP contribution >= 0.6 is 8.60 Å². The van der Waals surface area contributed by atoms with E-state index in [9.17, 15) is 0 Å². The third kappa shape index (κ3) is 2.06. The fourth-order valence-corrected chi connectivity index (χ4v) is 0. The first-order chi connectivity index (χ1) is 1.91. The molecule has 0 radical (unpaired) electrons. The number of rotatable bonds is 1. The maximum atomic E-state index is 6.20. The van der Waals surface area contributed by atoms with E-state index in [1.807, 2.05) is 0 Å². The Morgan fingerprint density at radius 2 is 2.25 bits per heavy atom. The van der Waals surface area contributed by atoms with Crippen molar-refractivity contribution in [3.63, 3.8) is 0 Å². The molecule has 2 nitrogen and oxygen atoms in total. The van der Waals surface area contributed by atoms with Crippen LogP contribution in [-0.2, 0) is 4.52 Å². The van der Waals surface area contributed by atoms with E-state index in [1.165, 1.54) is 7.11 Å². The molecule has 0 aromatic carbocycles. The summed E-state index contributed by atoms with van der Waals surface area (Å²) in [4.78, 5) is 0. The molecule has 0 aliphatic rings. The van der Waals surface area contributed by atoms with Crippen LogP contribution in [0.25, 0.3) is 0 Å². The first-order valence-corrected chi connectivity index (χ1v) is 1.63. The molecule has 0 spiro atoms. The summed E-state index contributed by atoms with van der Waals surface area (Å²) in [5, 5.41) is 6.20. The lowest BCUT2D eigenvalue weighted by molar-refractivity contribution is 0.480. The van der Waals surface area contributed by atoms with Crippen LogP contribution < -0.4 is 0 Å². The second kappa shape index (κ2) is 3.06. The molecular weight excluding hydrogens is 73.0 g/mol. The Hall–Kier alpha value is 0.0600. The molecular formula is CH4NOP. The highest BCUT2D eigenvalue weighted by Gasteiger charge is 1.44. The van der Waals surface area contributed by atoms with E-state index in [2.05, 4.69) is 4.52 Å². The SMILES string of the molecule is COP=N. The number of nitrogens with one attached hydrogen (secondary N) is 1. The van der Waals surface area contributed by atoms with Gasteiger partial charge in [-0.15, -0.1) is 0 Å². The fraction of sp³-hybridized carbons (Fsp3) is 1.00. The van der Waals surface area contributed by atoms with Gasteiger partial charge in [0.25, 0.3) is 0 Å². The van der Waals surface area contributed by atoms with E-state index in [4.69, 9.17) is 5.16 Å². The summed E-state index contributed by atoms with van der Waals surface area (Å²) in [5.41, 5.74) is 0. The van der Waals surface area contributed by atoms with Gasteiger partial charge in [-0.25, -0.2) is 0 Å². The van der Waals surface area contributed by atoms with Crippen LogP contribution in [0, 0.1) is 5.16 Å². The van der Waals surface area contributed by atoms with Crippen molar-refractivity contribution in [3.05, 3.63) is 0 Å². The van der Waals surface area contributed by atoms with Crippen molar-refractivity contribution >= 4 is 8.60 Å². The lowest BCUT2D eigenvalue weighted by atomic mass is 11.8. The molecule has 0 saturated carbocycles. The van der Waals surface area contributed by atoms with Crippen molar-refractivity contribution < 1.29 is 4.52 Å². The summed E-state index contributed by atoms with van der Waals surface area (Å²) in [6, 6.07) is 0. The standard InChI is InChI=1S/CH4NOP/c1-3-4-2/h2H,1H3. The molecule has 0 bridgehead atoms. The minimum Gasteiger partial charge on any atom is -0.315 e. The van der Waals surface area contributed by atoms with Gasteiger partial charge in [-0.1, -0.05) is 0 Å². The van der Waals surface area contributed by atoms with Crippen LogP contribution in [0.15, 0.2) is 0 Å². The average molecular weight is 77.0 g/mol. The van der Waals surface area contributed by atoms with Gasteiger partial charge in [-0.2, -0.15) is 0 Å². The van der Waals surface area contributed by atoms with Gasteiger partial charge in [0, 0.05) is 7.11 Å². The van der Waals surface area contributed by atoms with Gasteiger partial charge in [-0.05, 0) is 0 Å². The van der Waals surface area contributed by atoms with Crippen LogP contribution in [0.2, 0.25) is 0 Å². The van der Waals surface area contributed by atoms with Crippen molar-refractivity contribution in [2.24, 2.45) is 0 Å². The molecule has 0 rings (SSSR count). The van der Waals surface area contributed by atoms with Gasteiger partial charge < -0.3 is 4.52 Å². The lowest BCUT2D eigenvalue weighted by Crippen LogP contribution is -1.41. The third-order valence-electron chi connectivity index (χ3n) is 0.0913. The zero-order chi connectivity index (χ0) is 3.41. The van der Waals surface area contributed by atoms with Gasteiger partial charge >= 0.3 is 0 Å². The number of hydrogen-bond acceptors (Lipinski definition) is 2. The maximum Gasteiger partial charge on any atom is 0.168 e. The van der Waals surface area contributed by atoms with Crippen LogP contribution in [0.3, 0.4) is 0 Å². The average Bonchev–Trinajstić information content (AvgIpc) is 1.37. The van der Waals surface area contributed by atoms with Crippen molar-refractivity contribution in [1.29, 1.82) is 5.16 Å². The molecule has 0 amide bonds. The summed E-state index contributed by atoms with van der Waals surface area (Å²) < 4.78 is 4.18. The van der Waals surface area contributed by atoms with Gasteiger partial charge in [-0.3, -0.25) is 5.16 Å². The Morgan fingerprint density at radius 3 is 2.25 bits per heavy atom. The highest BCUT2D eigenvalue weighted by Crippen LogP contribution is 1.85. The van der Waals surface area contributed by atoms with Crippen molar-refractivity contribution in [1.82, 2.24) is 0 Å². The van der Waals surface area contributed by atoms with E-state index in [1.54, 1.807) is 0 Å². The van der Waals surface area contributed by atoms with Gasteiger partial charge in [0.1, 0.15) is 0 Å². The quantitative estimate of drug-likeness (QED) is 0.469. The second-order valence-corrected chi connectivity index (χ2v) is 0.822. The molecule has 0 saturated heterocycles.